The predicted octanol–water partition coefficient (Wildman–Crippen LogP) is 6.52. The topological polar surface area (TPSA) is 88.5 Å². The zero-order chi connectivity index (χ0) is 28.1. The fourth-order valence-electron chi connectivity index (χ4n) is 5.04. The number of benzene rings is 3. The van der Waals surface area contributed by atoms with E-state index in [-0.39, 0.29) is 23.2 Å². The molecule has 0 spiro atoms. The van der Waals surface area contributed by atoms with Gasteiger partial charge in [-0.15, -0.1) is 0 Å². The zero-order valence-electron chi connectivity index (χ0n) is 20.3. The number of amides is 3. The van der Waals surface area contributed by atoms with Crippen molar-refractivity contribution in [1.29, 1.82) is 0 Å². The number of carbonyl (C=O) groups is 3. The number of nitrogens with one attached hydrogen (secondary N) is 1. The molecule has 3 amide bonds. The van der Waals surface area contributed by atoms with Crippen molar-refractivity contribution in [2.24, 2.45) is 5.92 Å². The van der Waals surface area contributed by atoms with E-state index < -0.39 is 23.0 Å². The van der Waals surface area contributed by atoms with Crippen LogP contribution in [-0.4, -0.2) is 27.5 Å². The van der Waals surface area contributed by atoms with Crippen molar-refractivity contribution < 1.29 is 14.4 Å². The van der Waals surface area contributed by atoms with Crippen LogP contribution >= 0.6 is 66.6 Å². The van der Waals surface area contributed by atoms with Gasteiger partial charge in [0.05, 0.1) is 16.6 Å². The van der Waals surface area contributed by atoms with Crippen molar-refractivity contribution in [3.8, 4) is 0 Å². The third-order valence-corrected chi connectivity index (χ3v) is 10.6. The second kappa shape index (κ2) is 10.9. The zero-order valence-corrected chi connectivity index (χ0v) is 25.9. The number of carbonyl (C=O) groups excluding carboxylic acids is 3. The molecule has 0 radical (unpaired) electrons. The Balaban J connectivity index is 1.41. The molecule has 1 fully saturated rings. The van der Waals surface area contributed by atoms with Crippen LogP contribution in [0.3, 0.4) is 0 Å². The van der Waals surface area contributed by atoms with Crippen LogP contribution in [0.4, 0.5) is 11.4 Å². The molecule has 7 nitrogen and oxygen atoms in total. The summed E-state index contributed by atoms with van der Waals surface area (Å²) in [6.07, 6.45) is 0. The van der Waals surface area contributed by atoms with E-state index in [2.05, 4.69) is 37.2 Å². The molecule has 1 saturated heterocycles. The third-order valence-electron chi connectivity index (χ3n) is 6.77. The average molecular weight is 720 g/mol. The maximum atomic E-state index is 13.9. The number of nitrogens with zero attached hydrogens (tertiary/aromatic N) is 2. The molecule has 3 atom stereocenters. The Morgan fingerprint density at radius 3 is 2.35 bits per heavy atom. The second-order valence-electron chi connectivity index (χ2n) is 9.26. The summed E-state index contributed by atoms with van der Waals surface area (Å²) in [5.41, 5.74) is 1.85. The molecule has 0 saturated carbocycles. The van der Waals surface area contributed by atoms with E-state index in [4.69, 9.17) is 11.6 Å². The molecule has 202 valence electrons. The van der Waals surface area contributed by atoms with Gasteiger partial charge in [0.1, 0.15) is 11.8 Å². The van der Waals surface area contributed by atoms with E-state index in [1.54, 1.807) is 48.5 Å². The molecule has 2 aliphatic heterocycles. The molecule has 3 heterocycles. The Labute approximate surface area is 258 Å². The molecule has 12 heteroatoms. The first-order chi connectivity index (χ1) is 19.2. The number of aromatic nitrogens is 1. The first-order valence-corrected chi connectivity index (χ1v) is 15.7. The van der Waals surface area contributed by atoms with Crippen molar-refractivity contribution in [2.75, 3.05) is 10.2 Å². The molecule has 2 aliphatic rings. The Morgan fingerprint density at radius 2 is 1.65 bits per heavy atom. The largest absolute Gasteiger partial charge is 0.325 e. The Kier molecular flexibility index (Phi) is 7.51. The standard InChI is InChI=1S/C28H18Br2ClN3O4S2/c29-15-4-10-19(11-5-15)34-25(36)22-21(14-2-1-3-16(30)12-14)24-27(39-23(22)26(34)37)33(28(38)40-24)13-20(35)32-18-8-6-17(31)7-9-18/h1-12,21-23H,13H2,(H,32,35). The van der Waals surface area contributed by atoms with Crippen LogP contribution in [0.5, 0.6) is 0 Å². The highest BCUT2D eigenvalue weighted by atomic mass is 79.9. The molecular formula is C28H18Br2ClN3O4S2. The number of thioether (sulfide) groups is 1. The van der Waals surface area contributed by atoms with Crippen LogP contribution in [0.15, 0.2) is 91.6 Å². The summed E-state index contributed by atoms with van der Waals surface area (Å²) in [6.45, 7) is -0.235. The minimum atomic E-state index is -0.757. The number of fused-ring (bicyclic) bond motifs is 2. The molecule has 1 N–H and O–H groups in total. The quantitative estimate of drug-likeness (QED) is 0.238. The number of hydrogen-bond donors (Lipinski definition) is 1. The van der Waals surface area contributed by atoms with Gasteiger partial charge in [0.2, 0.25) is 17.7 Å². The maximum Gasteiger partial charge on any atom is 0.308 e. The molecule has 4 aromatic rings. The summed E-state index contributed by atoms with van der Waals surface area (Å²) < 4.78 is 3.05. The van der Waals surface area contributed by atoms with E-state index in [9.17, 15) is 19.2 Å². The van der Waals surface area contributed by atoms with Gasteiger partial charge in [-0.1, -0.05) is 78.7 Å². The van der Waals surface area contributed by atoms with Crippen molar-refractivity contribution >= 4 is 95.7 Å². The van der Waals surface area contributed by atoms with Crippen LogP contribution in [0.2, 0.25) is 5.02 Å². The SMILES string of the molecule is O=C(Cn1c2c(sc1=O)C(c1cccc(Br)c1)C1C(=O)N(c3ccc(Br)cc3)C(=O)C1S2)Nc1ccc(Cl)cc1. The van der Waals surface area contributed by atoms with E-state index >= 15 is 0 Å². The fourth-order valence-corrected chi connectivity index (χ4v) is 8.62. The minimum absolute atomic E-state index is 0.235. The summed E-state index contributed by atoms with van der Waals surface area (Å²) in [7, 11) is 0. The molecule has 40 heavy (non-hydrogen) atoms. The van der Waals surface area contributed by atoms with E-state index in [1.807, 2.05) is 24.3 Å². The molecule has 3 aromatic carbocycles. The summed E-state index contributed by atoms with van der Waals surface area (Å²) in [5.74, 6) is -2.29. The summed E-state index contributed by atoms with van der Waals surface area (Å²) in [5, 5.41) is 3.10. The van der Waals surface area contributed by atoms with Gasteiger partial charge in [-0.3, -0.25) is 23.7 Å². The monoisotopic (exact) mass is 717 g/mol. The van der Waals surface area contributed by atoms with Gasteiger partial charge < -0.3 is 5.32 Å². The lowest BCUT2D eigenvalue weighted by molar-refractivity contribution is -0.122. The Hall–Kier alpha value is -2.70. The van der Waals surface area contributed by atoms with Crippen molar-refractivity contribution in [3.63, 3.8) is 0 Å². The molecule has 3 unspecified atom stereocenters. The normalized spacial score (nSPS) is 19.9. The van der Waals surface area contributed by atoms with Gasteiger partial charge in [-0.25, -0.2) is 4.90 Å². The molecule has 0 aliphatic carbocycles. The lowest BCUT2D eigenvalue weighted by Gasteiger charge is -2.30. The van der Waals surface area contributed by atoms with Gasteiger partial charge in [0.15, 0.2) is 0 Å². The maximum absolute atomic E-state index is 13.9. The number of halogens is 3. The van der Waals surface area contributed by atoms with E-state index in [0.717, 1.165) is 25.8 Å². The van der Waals surface area contributed by atoms with Crippen LogP contribution < -0.4 is 15.1 Å². The van der Waals surface area contributed by atoms with Crippen molar-refractivity contribution in [2.45, 2.75) is 22.7 Å². The molecule has 6 rings (SSSR count). The van der Waals surface area contributed by atoms with Gasteiger partial charge in [0.25, 0.3) is 0 Å². The number of thiazole rings is 1. The molecule has 1 aromatic heterocycles. The number of hydrogen-bond acceptors (Lipinski definition) is 6. The first-order valence-electron chi connectivity index (χ1n) is 12.1. The predicted molar refractivity (Wildman–Crippen MR) is 164 cm³/mol. The highest BCUT2D eigenvalue weighted by Crippen LogP contribution is 2.54. The van der Waals surface area contributed by atoms with Crippen LogP contribution in [0.1, 0.15) is 16.4 Å². The lowest BCUT2D eigenvalue weighted by Crippen LogP contribution is -2.33. The van der Waals surface area contributed by atoms with Crippen LogP contribution in [0, 0.1) is 5.92 Å². The highest BCUT2D eigenvalue weighted by Gasteiger charge is 2.56. The number of rotatable bonds is 5. The van der Waals surface area contributed by atoms with Crippen LogP contribution in [-0.2, 0) is 20.9 Å². The third kappa shape index (κ3) is 4.98. The van der Waals surface area contributed by atoms with Gasteiger partial charge in [0, 0.05) is 30.5 Å². The summed E-state index contributed by atoms with van der Waals surface area (Å²) >= 11 is 15.1. The number of anilines is 2. The highest BCUT2D eigenvalue weighted by molar-refractivity contribution is 9.10. The van der Waals surface area contributed by atoms with Crippen molar-refractivity contribution in [3.05, 3.63) is 107 Å². The lowest BCUT2D eigenvalue weighted by atomic mass is 9.83. The second-order valence-corrected chi connectivity index (χ2v) is 13.7. The summed E-state index contributed by atoms with van der Waals surface area (Å²) in [4.78, 5) is 55.5. The Bertz CT molecular complexity index is 1720. The molecule has 0 bridgehead atoms. The van der Waals surface area contributed by atoms with E-state index in [0.29, 0.717) is 26.3 Å². The van der Waals surface area contributed by atoms with Crippen LogP contribution in [0.25, 0.3) is 0 Å². The van der Waals surface area contributed by atoms with E-state index in [1.165, 1.54) is 21.2 Å². The summed E-state index contributed by atoms with van der Waals surface area (Å²) in [6, 6.07) is 21.2. The number of imide groups is 1. The smallest absolute Gasteiger partial charge is 0.308 e. The first kappa shape index (κ1) is 27.5. The van der Waals surface area contributed by atoms with Gasteiger partial charge >= 0.3 is 4.87 Å². The van der Waals surface area contributed by atoms with Gasteiger partial charge in [-0.2, -0.15) is 0 Å². The van der Waals surface area contributed by atoms with Gasteiger partial charge in [-0.05, 0) is 66.2 Å². The average Bonchev–Trinajstić information content (AvgIpc) is 3.36. The van der Waals surface area contributed by atoms with Crippen molar-refractivity contribution in [1.82, 2.24) is 4.57 Å². The molecular weight excluding hydrogens is 702 g/mol. The fraction of sp³-hybridized carbons (Fsp3) is 0.143. The minimum Gasteiger partial charge on any atom is -0.325 e. The Morgan fingerprint density at radius 1 is 0.925 bits per heavy atom.